The van der Waals surface area contributed by atoms with E-state index in [2.05, 4.69) is 31.0 Å². The van der Waals surface area contributed by atoms with Crippen LogP contribution in [0, 0.1) is 11.8 Å². The van der Waals surface area contributed by atoms with Crippen LogP contribution in [0.2, 0.25) is 0 Å². The van der Waals surface area contributed by atoms with Gasteiger partial charge in [-0.25, -0.2) is 0 Å². The van der Waals surface area contributed by atoms with Crippen LogP contribution in [-0.2, 0) is 0 Å². The summed E-state index contributed by atoms with van der Waals surface area (Å²) in [6.45, 7) is 11.1. The van der Waals surface area contributed by atoms with Crippen molar-refractivity contribution in [3.63, 3.8) is 0 Å². The van der Waals surface area contributed by atoms with Gasteiger partial charge in [0.1, 0.15) is 0 Å². The second-order valence-corrected chi connectivity index (χ2v) is 7.31. The van der Waals surface area contributed by atoms with Crippen molar-refractivity contribution in [2.75, 3.05) is 19.6 Å². The smallest absolute Gasteiger partial charge is 0.0107 e. The average Bonchev–Trinajstić information content (AvgIpc) is 2.67. The first-order valence-electron chi connectivity index (χ1n) is 9.19. The van der Waals surface area contributed by atoms with Crippen LogP contribution in [0.15, 0.2) is 0 Å². The lowest BCUT2D eigenvalue weighted by atomic mass is 9.88. The van der Waals surface area contributed by atoms with Gasteiger partial charge in [0.2, 0.25) is 0 Å². The Kier molecular flexibility index (Phi) is 6.83. The van der Waals surface area contributed by atoms with Crippen molar-refractivity contribution < 1.29 is 0 Å². The van der Waals surface area contributed by atoms with Crippen LogP contribution in [0.4, 0.5) is 0 Å². The van der Waals surface area contributed by atoms with Gasteiger partial charge in [-0.05, 0) is 64.0 Å². The van der Waals surface area contributed by atoms with Gasteiger partial charge >= 0.3 is 0 Å². The van der Waals surface area contributed by atoms with Crippen LogP contribution in [0.25, 0.3) is 0 Å². The highest BCUT2D eigenvalue weighted by Crippen LogP contribution is 2.29. The van der Waals surface area contributed by atoms with Gasteiger partial charge < -0.3 is 10.2 Å². The van der Waals surface area contributed by atoms with E-state index in [1.54, 1.807) is 0 Å². The second-order valence-electron chi connectivity index (χ2n) is 7.31. The van der Waals surface area contributed by atoms with Gasteiger partial charge in [0.05, 0.1) is 0 Å². The summed E-state index contributed by atoms with van der Waals surface area (Å²) in [7, 11) is 0. The van der Waals surface area contributed by atoms with Crippen molar-refractivity contribution in [2.24, 2.45) is 11.8 Å². The molecule has 1 aliphatic heterocycles. The standard InChI is InChI=1S/C18H36N2/c1-4-12-19-18-11-7-5-6-10-17(18)14-20-13-8-9-15(2)16(20)3/h15-19H,4-14H2,1-3H3. The number of hydrogen-bond acceptors (Lipinski definition) is 2. The zero-order valence-corrected chi connectivity index (χ0v) is 14.0. The molecule has 0 aromatic carbocycles. The first kappa shape index (κ1) is 16.3. The van der Waals surface area contributed by atoms with Crippen LogP contribution in [-0.4, -0.2) is 36.6 Å². The SMILES string of the molecule is CCCNC1CCCCCC1CN1CCCC(C)C1C. The summed E-state index contributed by atoms with van der Waals surface area (Å²) in [5.74, 6) is 1.77. The van der Waals surface area contributed by atoms with E-state index in [1.807, 2.05) is 0 Å². The van der Waals surface area contributed by atoms with Gasteiger partial charge in [-0.1, -0.05) is 33.1 Å². The van der Waals surface area contributed by atoms with Crippen molar-refractivity contribution in [2.45, 2.75) is 84.2 Å². The zero-order valence-electron chi connectivity index (χ0n) is 14.0. The molecule has 4 unspecified atom stereocenters. The minimum absolute atomic E-state index is 0.780. The number of rotatable bonds is 5. The Morgan fingerprint density at radius 3 is 2.60 bits per heavy atom. The Balaban J connectivity index is 1.92. The molecule has 0 radical (unpaired) electrons. The summed E-state index contributed by atoms with van der Waals surface area (Å²) < 4.78 is 0. The Hall–Kier alpha value is -0.0800. The number of nitrogens with one attached hydrogen (secondary N) is 1. The number of hydrogen-bond donors (Lipinski definition) is 1. The van der Waals surface area contributed by atoms with Crippen LogP contribution in [0.1, 0.15) is 72.1 Å². The third-order valence-corrected chi connectivity index (χ3v) is 5.79. The molecule has 2 heteroatoms. The molecule has 0 spiro atoms. The molecule has 20 heavy (non-hydrogen) atoms. The van der Waals surface area contributed by atoms with E-state index in [9.17, 15) is 0 Å². The first-order chi connectivity index (χ1) is 9.72. The lowest BCUT2D eigenvalue weighted by Gasteiger charge is -2.41. The normalized spacial score (nSPS) is 36.8. The van der Waals surface area contributed by atoms with Gasteiger partial charge in [0.25, 0.3) is 0 Å². The third-order valence-electron chi connectivity index (χ3n) is 5.79. The maximum atomic E-state index is 3.85. The van der Waals surface area contributed by atoms with E-state index in [0.717, 1.165) is 23.9 Å². The molecular formula is C18H36N2. The van der Waals surface area contributed by atoms with Gasteiger partial charge in [0.15, 0.2) is 0 Å². The minimum atomic E-state index is 0.780. The second kappa shape index (κ2) is 8.38. The van der Waals surface area contributed by atoms with E-state index in [-0.39, 0.29) is 0 Å². The van der Waals surface area contributed by atoms with Gasteiger partial charge in [-0.2, -0.15) is 0 Å². The molecule has 4 atom stereocenters. The fourth-order valence-electron chi connectivity index (χ4n) is 4.18. The average molecular weight is 280 g/mol. The molecule has 1 aliphatic carbocycles. The lowest BCUT2D eigenvalue weighted by Crippen LogP contribution is -2.48. The largest absolute Gasteiger partial charge is 0.314 e. The molecular weight excluding hydrogens is 244 g/mol. The van der Waals surface area contributed by atoms with E-state index in [4.69, 9.17) is 0 Å². The van der Waals surface area contributed by atoms with Crippen molar-refractivity contribution in [3.05, 3.63) is 0 Å². The van der Waals surface area contributed by atoms with E-state index < -0.39 is 0 Å². The molecule has 0 aromatic rings. The maximum absolute atomic E-state index is 3.85. The van der Waals surface area contributed by atoms with Crippen LogP contribution in [0.5, 0.6) is 0 Å². The van der Waals surface area contributed by atoms with Crippen molar-refractivity contribution in [1.82, 2.24) is 10.2 Å². The third kappa shape index (κ3) is 4.46. The zero-order chi connectivity index (χ0) is 14.4. The minimum Gasteiger partial charge on any atom is -0.314 e. The summed E-state index contributed by atoms with van der Waals surface area (Å²) in [6, 6.07) is 1.57. The monoisotopic (exact) mass is 280 g/mol. The molecule has 1 saturated carbocycles. The topological polar surface area (TPSA) is 15.3 Å². The highest BCUT2D eigenvalue weighted by Gasteiger charge is 2.30. The molecule has 0 bridgehead atoms. The van der Waals surface area contributed by atoms with Crippen LogP contribution >= 0.6 is 0 Å². The van der Waals surface area contributed by atoms with Crippen molar-refractivity contribution in [1.29, 1.82) is 0 Å². The molecule has 1 N–H and O–H groups in total. The Labute approximate surface area is 126 Å². The molecule has 118 valence electrons. The maximum Gasteiger partial charge on any atom is 0.0107 e. The summed E-state index contributed by atoms with van der Waals surface area (Å²) in [5.41, 5.74) is 0. The first-order valence-corrected chi connectivity index (χ1v) is 9.19. The fraction of sp³-hybridized carbons (Fsp3) is 1.00. The van der Waals surface area contributed by atoms with Crippen LogP contribution in [0.3, 0.4) is 0 Å². The summed E-state index contributed by atoms with van der Waals surface area (Å²) in [5, 5.41) is 3.85. The van der Waals surface area contributed by atoms with Crippen molar-refractivity contribution in [3.8, 4) is 0 Å². The lowest BCUT2D eigenvalue weighted by molar-refractivity contribution is 0.0844. The Morgan fingerprint density at radius 2 is 1.80 bits per heavy atom. The quantitative estimate of drug-likeness (QED) is 0.764. The van der Waals surface area contributed by atoms with E-state index in [0.29, 0.717) is 0 Å². The van der Waals surface area contributed by atoms with E-state index >= 15 is 0 Å². The summed E-state index contributed by atoms with van der Waals surface area (Å²) in [6.07, 6.45) is 11.3. The van der Waals surface area contributed by atoms with Crippen molar-refractivity contribution >= 4 is 0 Å². The summed E-state index contributed by atoms with van der Waals surface area (Å²) in [4.78, 5) is 2.80. The number of nitrogens with zero attached hydrogens (tertiary/aromatic N) is 1. The number of piperidine rings is 1. The predicted molar refractivity (Wildman–Crippen MR) is 88.1 cm³/mol. The highest BCUT2D eigenvalue weighted by atomic mass is 15.2. The Bertz CT molecular complexity index is 266. The summed E-state index contributed by atoms with van der Waals surface area (Å²) >= 11 is 0. The van der Waals surface area contributed by atoms with Crippen LogP contribution < -0.4 is 5.32 Å². The fourth-order valence-corrected chi connectivity index (χ4v) is 4.18. The van der Waals surface area contributed by atoms with Gasteiger partial charge in [0, 0.05) is 18.6 Å². The van der Waals surface area contributed by atoms with E-state index in [1.165, 1.54) is 71.0 Å². The molecule has 1 saturated heterocycles. The molecule has 0 amide bonds. The Morgan fingerprint density at radius 1 is 1.00 bits per heavy atom. The van der Waals surface area contributed by atoms with Gasteiger partial charge in [-0.15, -0.1) is 0 Å². The molecule has 0 aromatic heterocycles. The predicted octanol–water partition coefficient (Wildman–Crippen LogP) is 4.06. The molecule has 1 heterocycles. The highest BCUT2D eigenvalue weighted by molar-refractivity contribution is 4.86. The molecule has 2 aliphatic rings. The number of likely N-dealkylation sites (tertiary alicyclic amines) is 1. The van der Waals surface area contributed by atoms with Gasteiger partial charge in [-0.3, -0.25) is 0 Å². The molecule has 2 fully saturated rings. The molecule has 2 rings (SSSR count). The molecule has 2 nitrogen and oxygen atoms in total.